The van der Waals surface area contributed by atoms with Crippen molar-refractivity contribution < 1.29 is 23.5 Å². The number of esters is 1. The maximum absolute atomic E-state index is 13.8. The molecule has 5 heteroatoms. The zero-order chi connectivity index (χ0) is 16.3. The largest absolute Gasteiger partial charge is 0.496 e. The lowest BCUT2D eigenvalue weighted by Gasteiger charge is -2.11. The van der Waals surface area contributed by atoms with E-state index in [1.807, 2.05) is 0 Å². The standard InChI is InChI=1S/C17H15FO4/c1-10-8-15(21-2)13(9-14(10)18)16(19)11-6-4-5-7-12(11)17(20)22-3/h4-9H,1-3H3. The summed E-state index contributed by atoms with van der Waals surface area (Å²) in [5.41, 5.74) is 0.686. The van der Waals surface area contributed by atoms with E-state index in [2.05, 4.69) is 4.74 Å². The van der Waals surface area contributed by atoms with Crippen LogP contribution in [0, 0.1) is 12.7 Å². The van der Waals surface area contributed by atoms with Crippen LogP contribution < -0.4 is 4.74 Å². The fourth-order valence-electron chi connectivity index (χ4n) is 2.12. The third-order valence-corrected chi connectivity index (χ3v) is 3.30. The van der Waals surface area contributed by atoms with Crippen LogP contribution in [0.25, 0.3) is 0 Å². The number of rotatable bonds is 4. The van der Waals surface area contributed by atoms with Gasteiger partial charge < -0.3 is 9.47 Å². The second-order valence-electron chi connectivity index (χ2n) is 4.67. The molecule has 0 unspecified atom stereocenters. The summed E-state index contributed by atoms with van der Waals surface area (Å²) in [6.45, 7) is 1.58. The van der Waals surface area contributed by atoms with E-state index in [0.717, 1.165) is 6.07 Å². The second kappa shape index (κ2) is 6.39. The molecule has 2 rings (SSSR count). The van der Waals surface area contributed by atoms with Gasteiger partial charge in [-0.15, -0.1) is 0 Å². The van der Waals surface area contributed by atoms with E-state index >= 15 is 0 Å². The zero-order valence-electron chi connectivity index (χ0n) is 12.5. The van der Waals surface area contributed by atoms with Gasteiger partial charge in [-0.2, -0.15) is 0 Å². The molecular formula is C17H15FO4. The minimum absolute atomic E-state index is 0.0574. The van der Waals surface area contributed by atoms with Gasteiger partial charge in [0.2, 0.25) is 0 Å². The Morgan fingerprint density at radius 3 is 2.23 bits per heavy atom. The van der Waals surface area contributed by atoms with E-state index in [4.69, 9.17) is 4.74 Å². The highest BCUT2D eigenvalue weighted by Crippen LogP contribution is 2.26. The molecule has 0 fully saturated rings. The minimum atomic E-state index is -0.629. The van der Waals surface area contributed by atoms with Crippen molar-refractivity contribution in [1.29, 1.82) is 0 Å². The molecule has 0 aliphatic carbocycles. The van der Waals surface area contributed by atoms with Gasteiger partial charge in [-0.05, 0) is 30.7 Å². The third-order valence-electron chi connectivity index (χ3n) is 3.30. The first kappa shape index (κ1) is 15.7. The molecule has 0 atom stereocenters. The number of aryl methyl sites for hydroxylation is 1. The van der Waals surface area contributed by atoms with Gasteiger partial charge in [-0.1, -0.05) is 18.2 Å². The van der Waals surface area contributed by atoms with Crippen molar-refractivity contribution in [2.45, 2.75) is 6.92 Å². The minimum Gasteiger partial charge on any atom is -0.496 e. The second-order valence-corrected chi connectivity index (χ2v) is 4.67. The molecule has 0 N–H and O–H groups in total. The van der Waals surface area contributed by atoms with Crippen molar-refractivity contribution in [2.75, 3.05) is 14.2 Å². The Labute approximate surface area is 127 Å². The Bertz CT molecular complexity index is 737. The predicted octanol–water partition coefficient (Wildman–Crippen LogP) is 3.16. The molecule has 0 bridgehead atoms. The Morgan fingerprint density at radius 2 is 1.64 bits per heavy atom. The highest BCUT2D eigenvalue weighted by atomic mass is 19.1. The van der Waals surface area contributed by atoms with E-state index in [-0.39, 0.29) is 22.4 Å². The molecular weight excluding hydrogens is 287 g/mol. The SMILES string of the molecule is COC(=O)c1ccccc1C(=O)c1cc(F)c(C)cc1OC. The van der Waals surface area contributed by atoms with Crippen molar-refractivity contribution in [3.05, 3.63) is 64.5 Å². The van der Waals surface area contributed by atoms with Gasteiger partial charge in [0, 0.05) is 5.56 Å². The van der Waals surface area contributed by atoms with Crippen LogP contribution in [0.1, 0.15) is 31.8 Å². The molecule has 4 nitrogen and oxygen atoms in total. The molecule has 2 aromatic rings. The van der Waals surface area contributed by atoms with Crippen LogP contribution in [0.2, 0.25) is 0 Å². The average Bonchev–Trinajstić information content (AvgIpc) is 2.55. The first-order valence-electron chi connectivity index (χ1n) is 6.55. The lowest BCUT2D eigenvalue weighted by atomic mass is 9.96. The van der Waals surface area contributed by atoms with Crippen LogP contribution >= 0.6 is 0 Å². The van der Waals surface area contributed by atoms with Gasteiger partial charge in [-0.25, -0.2) is 9.18 Å². The van der Waals surface area contributed by atoms with Gasteiger partial charge in [0.05, 0.1) is 25.3 Å². The van der Waals surface area contributed by atoms with Crippen molar-refractivity contribution in [3.63, 3.8) is 0 Å². The molecule has 0 heterocycles. The van der Waals surface area contributed by atoms with E-state index < -0.39 is 17.6 Å². The molecule has 0 aliphatic heterocycles. The molecule has 0 radical (unpaired) electrons. The summed E-state index contributed by atoms with van der Waals surface area (Å²) in [5.74, 6) is -1.39. The van der Waals surface area contributed by atoms with E-state index in [0.29, 0.717) is 5.56 Å². The quantitative estimate of drug-likeness (QED) is 0.643. The lowest BCUT2D eigenvalue weighted by Crippen LogP contribution is -2.12. The number of methoxy groups -OCH3 is 2. The van der Waals surface area contributed by atoms with Crippen molar-refractivity contribution in [2.24, 2.45) is 0 Å². The van der Waals surface area contributed by atoms with E-state index in [9.17, 15) is 14.0 Å². The smallest absolute Gasteiger partial charge is 0.338 e. The summed E-state index contributed by atoms with van der Waals surface area (Å²) in [6, 6.07) is 8.78. The van der Waals surface area contributed by atoms with Crippen molar-refractivity contribution in [3.8, 4) is 5.75 Å². The Hall–Kier alpha value is -2.69. The van der Waals surface area contributed by atoms with Crippen LogP contribution in [0.15, 0.2) is 36.4 Å². The molecule has 0 aromatic heterocycles. The number of halogens is 1. The third kappa shape index (κ3) is 2.83. The topological polar surface area (TPSA) is 52.6 Å². The highest BCUT2D eigenvalue weighted by Gasteiger charge is 2.22. The lowest BCUT2D eigenvalue weighted by molar-refractivity contribution is 0.0597. The molecule has 0 spiro atoms. The summed E-state index contributed by atoms with van der Waals surface area (Å²) in [7, 11) is 2.63. The summed E-state index contributed by atoms with van der Waals surface area (Å²) in [4.78, 5) is 24.4. The molecule has 0 saturated carbocycles. The number of benzene rings is 2. The fraction of sp³-hybridized carbons (Fsp3) is 0.176. The maximum atomic E-state index is 13.8. The first-order valence-corrected chi connectivity index (χ1v) is 6.55. The zero-order valence-corrected chi connectivity index (χ0v) is 12.5. The van der Waals surface area contributed by atoms with Crippen molar-refractivity contribution in [1.82, 2.24) is 0 Å². The number of hydrogen-bond acceptors (Lipinski definition) is 4. The number of carbonyl (C=O) groups excluding carboxylic acids is 2. The molecule has 2 aromatic carbocycles. The highest BCUT2D eigenvalue weighted by molar-refractivity contribution is 6.15. The molecule has 114 valence electrons. The number of ether oxygens (including phenoxy) is 2. The van der Waals surface area contributed by atoms with Gasteiger partial charge in [0.1, 0.15) is 11.6 Å². The van der Waals surface area contributed by atoms with E-state index in [1.54, 1.807) is 19.1 Å². The number of ketones is 1. The average molecular weight is 302 g/mol. The number of hydrogen-bond donors (Lipinski definition) is 0. The van der Waals surface area contributed by atoms with Gasteiger partial charge in [0.25, 0.3) is 0 Å². The Morgan fingerprint density at radius 1 is 1.00 bits per heavy atom. The van der Waals surface area contributed by atoms with Gasteiger partial charge in [-0.3, -0.25) is 4.79 Å². The normalized spacial score (nSPS) is 10.2. The van der Waals surface area contributed by atoms with Gasteiger partial charge >= 0.3 is 5.97 Å². The summed E-state index contributed by atoms with van der Waals surface area (Å²) < 4.78 is 23.6. The molecule has 0 aliphatic rings. The van der Waals surface area contributed by atoms with Crippen molar-refractivity contribution >= 4 is 11.8 Å². The maximum Gasteiger partial charge on any atom is 0.338 e. The summed E-state index contributed by atoms with van der Waals surface area (Å²) in [6.07, 6.45) is 0. The van der Waals surface area contributed by atoms with Crippen LogP contribution in [-0.4, -0.2) is 26.0 Å². The molecule has 22 heavy (non-hydrogen) atoms. The first-order chi connectivity index (χ1) is 10.5. The molecule has 0 saturated heterocycles. The summed E-state index contributed by atoms with van der Waals surface area (Å²) in [5, 5.41) is 0. The fourth-order valence-corrected chi connectivity index (χ4v) is 2.12. The monoisotopic (exact) mass is 302 g/mol. The van der Waals surface area contributed by atoms with Crippen LogP contribution in [0.3, 0.4) is 0 Å². The Kier molecular flexibility index (Phi) is 4.56. The van der Waals surface area contributed by atoms with Crippen LogP contribution in [0.5, 0.6) is 5.75 Å². The van der Waals surface area contributed by atoms with Crippen LogP contribution in [-0.2, 0) is 4.74 Å². The van der Waals surface area contributed by atoms with Crippen LogP contribution in [0.4, 0.5) is 4.39 Å². The van der Waals surface area contributed by atoms with Gasteiger partial charge in [0.15, 0.2) is 5.78 Å². The summed E-state index contributed by atoms with van der Waals surface area (Å²) >= 11 is 0. The number of carbonyl (C=O) groups is 2. The van der Waals surface area contributed by atoms with E-state index in [1.165, 1.54) is 32.4 Å². The predicted molar refractivity (Wildman–Crippen MR) is 78.9 cm³/mol. The molecule has 0 amide bonds. The Balaban J connectivity index is 2.59.